The van der Waals surface area contributed by atoms with Crippen LogP contribution >= 0.6 is 34.4 Å². The zero-order valence-corrected chi connectivity index (χ0v) is 13.1. The van der Waals surface area contributed by atoms with Gasteiger partial charge in [-0.3, -0.25) is 9.36 Å². The van der Waals surface area contributed by atoms with Crippen LogP contribution in [0.15, 0.2) is 29.4 Å². The third-order valence-corrected chi connectivity index (χ3v) is 4.00. The molecule has 0 bridgehead atoms. The van der Waals surface area contributed by atoms with E-state index in [0.29, 0.717) is 11.1 Å². The number of amides is 1. The van der Waals surface area contributed by atoms with Gasteiger partial charge in [0.1, 0.15) is 0 Å². The summed E-state index contributed by atoms with van der Waals surface area (Å²) < 4.78 is 2.72. The molecule has 0 spiro atoms. The maximum Gasteiger partial charge on any atom is 0.234 e. The van der Waals surface area contributed by atoms with Crippen molar-refractivity contribution in [3.8, 4) is 0 Å². The standard InChI is InChI=1S/C11H12IN5OS/c1-17-10(13)15-16-11(17)19-6-9(18)14-8-4-2-3-7(12)5-8/h2-5H,6H2,1H3,(H2,13,15)(H,14,18). The SMILES string of the molecule is Cn1c(N)nnc1SCC(=O)Nc1cccc(I)c1. The van der Waals surface area contributed by atoms with Crippen molar-refractivity contribution in [1.82, 2.24) is 14.8 Å². The van der Waals surface area contributed by atoms with Crippen LogP contribution in [0.5, 0.6) is 0 Å². The lowest BCUT2D eigenvalue weighted by Gasteiger charge is -2.05. The van der Waals surface area contributed by atoms with E-state index in [0.717, 1.165) is 9.26 Å². The molecule has 2 rings (SSSR count). The Labute approximate surface area is 128 Å². The van der Waals surface area contributed by atoms with Crippen LogP contribution in [-0.2, 0) is 11.8 Å². The minimum absolute atomic E-state index is 0.0893. The molecule has 0 aliphatic rings. The first-order valence-corrected chi connectivity index (χ1v) is 7.46. The Hall–Kier alpha value is -1.29. The minimum Gasteiger partial charge on any atom is -0.368 e. The van der Waals surface area contributed by atoms with E-state index in [-0.39, 0.29) is 11.7 Å². The van der Waals surface area contributed by atoms with Gasteiger partial charge in [0.2, 0.25) is 11.9 Å². The van der Waals surface area contributed by atoms with Crippen molar-refractivity contribution in [3.63, 3.8) is 0 Å². The van der Waals surface area contributed by atoms with E-state index in [1.807, 2.05) is 24.3 Å². The summed E-state index contributed by atoms with van der Waals surface area (Å²) in [6.07, 6.45) is 0. The van der Waals surface area contributed by atoms with Crippen molar-refractivity contribution in [2.45, 2.75) is 5.16 Å². The van der Waals surface area contributed by atoms with Gasteiger partial charge < -0.3 is 11.1 Å². The molecule has 0 unspecified atom stereocenters. The third-order valence-electron chi connectivity index (χ3n) is 2.31. The van der Waals surface area contributed by atoms with E-state index in [1.165, 1.54) is 11.8 Å². The summed E-state index contributed by atoms with van der Waals surface area (Å²) in [6.45, 7) is 0. The van der Waals surface area contributed by atoms with Gasteiger partial charge in [-0.25, -0.2) is 0 Å². The lowest BCUT2D eigenvalue weighted by Crippen LogP contribution is -2.14. The molecule has 19 heavy (non-hydrogen) atoms. The Balaban J connectivity index is 1.90. The van der Waals surface area contributed by atoms with E-state index < -0.39 is 0 Å². The Kier molecular flexibility index (Phi) is 4.64. The van der Waals surface area contributed by atoms with Gasteiger partial charge in [0.05, 0.1) is 5.75 Å². The fourth-order valence-corrected chi connectivity index (χ4v) is 2.61. The molecule has 8 heteroatoms. The molecule has 1 heterocycles. The molecule has 0 saturated heterocycles. The van der Waals surface area contributed by atoms with Gasteiger partial charge in [-0.05, 0) is 40.8 Å². The smallest absolute Gasteiger partial charge is 0.234 e. The number of rotatable bonds is 4. The Bertz CT molecular complexity index is 601. The van der Waals surface area contributed by atoms with Gasteiger partial charge in [0.15, 0.2) is 5.16 Å². The Morgan fingerprint density at radius 2 is 2.32 bits per heavy atom. The van der Waals surface area contributed by atoms with Gasteiger partial charge >= 0.3 is 0 Å². The van der Waals surface area contributed by atoms with Gasteiger partial charge in [-0.15, -0.1) is 10.2 Å². The zero-order valence-electron chi connectivity index (χ0n) is 10.1. The largest absolute Gasteiger partial charge is 0.368 e. The second kappa shape index (κ2) is 6.24. The van der Waals surface area contributed by atoms with Crippen molar-refractivity contribution < 1.29 is 4.79 Å². The minimum atomic E-state index is -0.0893. The highest BCUT2D eigenvalue weighted by Crippen LogP contribution is 2.17. The quantitative estimate of drug-likeness (QED) is 0.615. The number of nitrogens with zero attached hydrogens (tertiary/aromatic N) is 3. The lowest BCUT2D eigenvalue weighted by molar-refractivity contribution is -0.113. The number of nitrogens with two attached hydrogens (primary N) is 1. The fourth-order valence-electron chi connectivity index (χ4n) is 1.35. The van der Waals surface area contributed by atoms with Crippen LogP contribution in [0, 0.1) is 3.57 Å². The molecule has 0 atom stereocenters. The molecule has 6 nitrogen and oxygen atoms in total. The second-order valence-electron chi connectivity index (χ2n) is 3.75. The number of aromatic nitrogens is 3. The molecule has 0 aliphatic carbocycles. The molecule has 100 valence electrons. The number of benzene rings is 1. The predicted octanol–water partition coefficient (Wildman–Crippen LogP) is 1.73. The first-order chi connectivity index (χ1) is 9.06. The zero-order chi connectivity index (χ0) is 13.8. The summed E-state index contributed by atoms with van der Waals surface area (Å²) in [7, 11) is 1.76. The molecule has 0 saturated carbocycles. The average molecular weight is 389 g/mol. The fraction of sp³-hybridized carbons (Fsp3) is 0.182. The molecule has 0 aliphatic heterocycles. The van der Waals surface area contributed by atoms with Crippen LogP contribution in [0.2, 0.25) is 0 Å². The number of hydrogen-bond donors (Lipinski definition) is 2. The van der Waals surface area contributed by atoms with Crippen LogP contribution in [0.1, 0.15) is 0 Å². The Morgan fingerprint density at radius 1 is 1.53 bits per heavy atom. The van der Waals surface area contributed by atoms with Crippen LogP contribution in [0.4, 0.5) is 11.6 Å². The number of carbonyl (C=O) groups excluding carboxylic acids is 1. The molecule has 0 fully saturated rings. The summed E-state index contributed by atoms with van der Waals surface area (Å²) in [5, 5.41) is 11.1. The van der Waals surface area contributed by atoms with Crippen LogP contribution in [0.25, 0.3) is 0 Å². The van der Waals surface area contributed by atoms with Gasteiger partial charge in [0, 0.05) is 16.3 Å². The molecular weight excluding hydrogens is 377 g/mol. The van der Waals surface area contributed by atoms with Gasteiger partial charge in [-0.2, -0.15) is 0 Å². The highest BCUT2D eigenvalue weighted by molar-refractivity contribution is 14.1. The van der Waals surface area contributed by atoms with Gasteiger partial charge in [-0.1, -0.05) is 17.8 Å². The number of hydrogen-bond acceptors (Lipinski definition) is 5. The van der Waals surface area contributed by atoms with Crippen molar-refractivity contribution in [2.75, 3.05) is 16.8 Å². The summed E-state index contributed by atoms with van der Waals surface area (Å²) in [5.74, 6) is 0.506. The van der Waals surface area contributed by atoms with E-state index in [4.69, 9.17) is 5.73 Å². The molecule has 2 aromatic rings. The van der Waals surface area contributed by atoms with Crippen molar-refractivity contribution >= 4 is 51.9 Å². The second-order valence-corrected chi connectivity index (χ2v) is 5.94. The molecular formula is C11H12IN5OS. The maximum absolute atomic E-state index is 11.8. The normalized spacial score (nSPS) is 10.4. The molecule has 1 amide bonds. The number of anilines is 2. The summed E-state index contributed by atoms with van der Waals surface area (Å²) in [5.41, 5.74) is 6.35. The van der Waals surface area contributed by atoms with E-state index >= 15 is 0 Å². The topological polar surface area (TPSA) is 85.8 Å². The van der Waals surface area contributed by atoms with Crippen molar-refractivity contribution in [2.24, 2.45) is 7.05 Å². The van der Waals surface area contributed by atoms with Crippen LogP contribution in [-0.4, -0.2) is 26.4 Å². The number of nitrogens with one attached hydrogen (secondary N) is 1. The molecule has 1 aromatic carbocycles. The Morgan fingerprint density at radius 3 is 2.95 bits per heavy atom. The highest BCUT2D eigenvalue weighted by atomic mass is 127. The first kappa shape index (κ1) is 14.1. The number of carbonyl (C=O) groups is 1. The van der Waals surface area contributed by atoms with E-state index in [9.17, 15) is 4.79 Å². The maximum atomic E-state index is 11.8. The molecule has 0 radical (unpaired) electrons. The average Bonchev–Trinajstić information content (AvgIpc) is 2.68. The summed E-state index contributed by atoms with van der Waals surface area (Å²) in [6, 6.07) is 7.62. The van der Waals surface area contributed by atoms with E-state index in [2.05, 4.69) is 38.1 Å². The molecule has 1 aromatic heterocycles. The number of halogens is 1. The third kappa shape index (κ3) is 3.83. The van der Waals surface area contributed by atoms with Gasteiger partial charge in [0.25, 0.3) is 0 Å². The lowest BCUT2D eigenvalue weighted by atomic mass is 10.3. The summed E-state index contributed by atoms with van der Waals surface area (Å²) >= 11 is 3.49. The monoisotopic (exact) mass is 389 g/mol. The first-order valence-electron chi connectivity index (χ1n) is 5.39. The summed E-state index contributed by atoms with van der Waals surface area (Å²) in [4.78, 5) is 11.8. The molecule has 3 N–H and O–H groups in total. The number of nitrogen functional groups attached to an aromatic ring is 1. The van der Waals surface area contributed by atoms with E-state index in [1.54, 1.807) is 11.6 Å². The van der Waals surface area contributed by atoms with Crippen molar-refractivity contribution in [3.05, 3.63) is 27.8 Å². The van der Waals surface area contributed by atoms with Crippen LogP contribution < -0.4 is 11.1 Å². The predicted molar refractivity (Wildman–Crippen MR) is 83.9 cm³/mol. The number of thioether (sulfide) groups is 1. The van der Waals surface area contributed by atoms with Crippen molar-refractivity contribution in [1.29, 1.82) is 0 Å². The highest BCUT2D eigenvalue weighted by Gasteiger charge is 2.09. The van der Waals surface area contributed by atoms with Crippen LogP contribution in [0.3, 0.4) is 0 Å².